The second kappa shape index (κ2) is 7.48. The maximum atomic E-state index is 12.2. The van der Waals surface area contributed by atoms with Gasteiger partial charge in [0.05, 0.1) is 11.3 Å². The number of amides is 1. The smallest absolute Gasteiger partial charge is 0.337 e. The molecule has 0 aliphatic carbocycles. The first-order chi connectivity index (χ1) is 10.9. The van der Waals surface area contributed by atoms with Crippen molar-refractivity contribution >= 4 is 45.1 Å². The summed E-state index contributed by atoms with van der Waals surface area (Å²) >= 11 is 9.06. The van der Waals surface area contributed by atoms with Crippen molar-refractivity contribution in [2.24, 2.45) is 0 Å². The average Bonchev–Trinajstić information content (AvgIpc) is 2.48. The molecule has 0 aliphatic rings. The Bertz CT molecular complexity index is 751. The van der Waals surface area contributed by atoms with E-state index in [1.165, 1.54) is 12.1 Å². The largest absolute Gasteiger partial charge is 0.481 e. The summed E-state index contributed by atoms with van der Waals surface area (Å²) in [6.45, 7) is 1.57. The number of carbonyl (C=O) groups is 2. The van der Waals surface area contributed by atoms with Crippen LogP contribution in [0.4, 0.5) is 5.69 Å². The molecular weight excluding hydrogens is 386 g/mol. The molecular formula is C16H13BrClNO4. The van der Waals surface area contributed by atoms with Gasteiger partial charge in [0.2, 0.25) is 0 Å². The van der Waals surface area contributed by atoms with Crippen LogP contribution in [0.5, 0.6) is 5.75 Å². The van der Waals surface area contributed by atoms with Gasteiger partial charge in [-0.1, -0.05) is 33.6 Å². The minimum atomic E-state index is -1.13. The van der Waals surface area contributed by atoms with Crippen LogP contribution in [0.15, 0.2) is 46.9 Å². The molecule has 1 amide bonds. The van der Waals surface area contributed by atoms with Gasteiger partial charge in [0.15, 0.2) is 6.10 Å². The van der Waals surface area contributed by atoms with Gasteiger partial charge in [0.25, 0.3) is 5.91 Å². The second-order valence-electron chi connectivity index (χ2n) is 4.70. The highest BCUT2D eigenvalue weighted by Crippen LogP contribution is 2.22. The number of carboxylic acids is 1. The van der Waals surface area contributed by atoms with Gasteiger partial charge >= 0.3 is 5.97 Å². The number of carboxylic acid groups (broad SMARTS) is 1. The van der Waals surface area contributed by atoms with E-state index in [1.807, 2.05) is 0 Å². The molecule has 1 unspecified atom stereocenters. The van der Waals surface area contributed by atoms with Crippen molar-refractivity contribution in [1.82, 2.24) is 0 Å². The summed E-state index contributed by atoms with van der Waals surface area (Å²) in [6.07, 6.45) is -0.821. The van der Waals surface area contributed by atoms with Gasteiger partial charge in [-0.15, -0.1) is 0 Å². The molecule has 0 heterocycles. The van der Waals surface area contributed by atoms with Crippen LogP contribution in [0.1, 0.15) is 17.3 Å². The van der Waals surface area contributed by atoms with E-state index in [9.17, 15) is 14.7 Å². The van der Waals surface area contributed by atoms with Crippen LogP contribution in [0.25, 0.3) is 0 Å². The zero-order chi connectivity index (χ0) is 17.0. The Morgan fingerprint density at radius 3 is 2.65 bits per heavy atom. The molecule has 2 N–H and O–H groups in total. The molecule has 23 heavy (non-hydrogen) atoms. The number of rotatable bonds is 5. The Balaban J connectivity index is 2.11. The molecule has 2 rings (SSSR count). The quantitative estimate of drug-likeness (QED) is 0.791. The first-order valence-electron chi connectivity index (χ1n) is 6.63. The van der Waals surface area contributed by atoms with Crippen LogP contribution in [-0.4, -0.2) is 23.1 Å². The molecule has 0 saturated heterocycles. The maximum Gasteiger partial charge on any atom is 0.337 e. The minimum absolute atomic E-state index is 0.0114. The highest BCUT2D eigenvalue weighted by atomic mass is 79.9. The Hall–Kier alpha value is -2.05. The van der Waals surface area contributed by atoms with Crippen molar-refractivity contribution in [3.63, 3.8) is 0 Å². The van der Waals surface area contributed by atoms with Crippen molar-refractivity contribution in [3.05, 3.63) is 57.5 Å². The van der Waals surface area contributed by atoms with Gasteiger partial charge in [0, 0.05) is 9.50 Å². The topological polar surface area (TPSA) is 75.6 Å². The Morgan fingerprint density at radius 1 is 1.26 bits per heavy atom. The van der Waals surface area contributed by atoms with E-state index in [2.05, 4.69) is 21.2 Å². The highest BCUT2D eigenvalue weighted by Gasteiger charge is 2.18. The Kier molecular flexibility index (Phi) is 5.63. The Morgan fingerprint density at radius 2 is 2.00 bits per heavy atom. The molecule has 2 aromatic carbocycles. The lowest BCUT2D eigenvalue weighted by atomic mass is 10.1. The van der Waals surface area contributed by atoms with Crippen molar-refractivity contribution in [2.45, 2.75) is 13.0 Å². The van der Waals surface area contributed by atoms with E-state index in [0.717, 1.165) is 0 Å². The summed E-state index contributed by atoms with van der Waals surface area (Å²) in [7, 11) is 0. The predicted octanol–water partition coefficient (Wildman–Crippen LogP) is 4.21. The van der Waals surface area contributed by atoms with Crippen LogP contribution in [0, 0.1) is 0 Å². The molecule has 5 nitrogen and oxygen atoms in total. The molecule has 0 fully saturated rings. The minimum Gasteiger partial charge on any atom is -0.481 e. The van der Waals surface area contributed by atoms with E-state index in [4.69, 9.17) is 16.3 Å². The molecule has 0 aromatic heterocycles. The number of nitrogens with one attached hydrogen (secondary N) is 1. The monoisotopic (exact) mass is 397 g/mol. The molecule has 0 bridgehead atoms. The summed E-state index contributed by atoms with van der Waals surface area (Å²) in [4.78, 5) is 23.4. The number of halogens is 2. The predicted molar refractivity (Wildman–Crippen MR) is 91.3 cm³/mol. The van der Waals surface area contributed by atoms with Crippen molar-refractivity contribution in [1.29, 1.82) is 0 Å². The summed E-state index contributed by atoms with van der Waals surface area (Å²) < 4.78 is 6.11. The maximum absolute atomic E-state index is 12.2. The fraction of sp³-hybridized carbons (Fsp3) is 0.125. The van der Waals surface area contributed by atoms with Crippen LogP contribution in [-0.2, 0) is 4.79 Å². The zero-order valence-electron chi connectivity index (χ0n) is 12.0. The first-order valence-corrected chi connectivity index (χ1v) is 7.80. The molecule has 120 valence electrons. The standard InChI is InChI=1S/C16H13BrClNO4/c1-9(23-12-4-2-3-11(18)8-12)15(20)19-14-6-5-10(17)7-13(14)16(21)22/h2-9H,1H3,(H,19,20)(H,21,22). The third kappa shape index (κ3) is 4.71. The van der Waals surface area contributed by atoms with Crippen molar-refractivity contribution in [3.8, 4) is 5.75 Å². The number of hydrogen-bond acceptors (Lipinski definition) is 3. The summed E-state index contributed by atoms with van der Waals surface area (Å²) in [5.41, 5.74) is 0.190. The van der Waals surface area contributed by atoms with Gasteiger partial charge in [0.1, 0.15) is 5.75 Å². The molecule has 1 atom stereocenters. The number of benzene rings is 2. The second-order valence-corrected chi connectivity index (χ2v) is 6.05. The zero-order valence-corrected chi connectivity index (χ0v) is 14.4. The molecule has 0 aliphatic heterocycles. The van der Waals surface area contributed by atoms with E-state index in [1.54, 1.807) is 37.3 Å². The van der Waals surface area contributed by atoms with Crippen molar-refractivity contribution < 1.29 is 19.4 Å². The molecule has 7 heteroatoms. The van der Waals surface area contributed by atoms with E-state index in [0.29, 0.717) is 15.2 Å². The summed E-state index contributed by atoms with van der Waals surface area (Å²) in [6, 6.07) is 11.2. The lowest BCUT2D eigenvalue weighted by Gasteiger charge is -2.16. The van der Waals surface area contributed by atoms with Crippen LogP contribution in [0.2, 0.25) is 5.02 Å². The number of carbonyl (C=O) groups excluding carboxylic acids is 1. The summed E-state index contributed by atoms with van der Waals surface area (Å²) in [5.74, 6) is -1.14. The van der Waals surface area contributed by atoms with Gasteiger partial charge < -0.3 is 15.2 Å². The third-order valence-corrected chi connectivity index (χ3v) is 3.68. The Labute approximate surface area is 146 Å². The van der Waals surface area contributed by atoms with Gasteiger partial charge in [-0.25, -0.2) is 4.79 Å². The number of aromatic carboxylic acids is 1. The normalized spacial score (nSPS) is 11.6. The molecule has 0 radical (unpaired) electrons. The van der Waals surface area contributed by atoms with Gasteiger partial charge in [-0.05, 0) is 43.3 Å². The highest BCUT2D eigenvalue weighted by molar-refractivity contribution is 9.10. The molecule has 2 aromatic rings. The number of hydrogen-bond donors (Lipinski definition) is 2. The number of anilines is 1. The summed E-state index contributed by atoms with van der Waals surface area (Å²) in [5, 5.41) is 12.2. The first kappa shape index (κ1) is 17.3. The fourth-order valence-corrected chi connectivity index (χ4v) is 2.38. The fourth-order valence-electron chi connectivity index (χ4n) is 1.83. The van der Waals surface area contributed by atoms with E-state index >= 15 is 0 Å². The molecule has 0 saturated carbocycles. The SMILES string of the molecule is CC(Oc1cccc(Cl)c1)C(=O)Nc1ccc(Br)cc1C(=O)O. The van der Waals surface area contributed by atoms with E-state index < -0.39 is 18.0 Å². The average molecular weight is 399 g/mol. The van der Waals surface area contributed by atoms with Gasteiger partial charge in [-0.3, -0.25) is 4.79 Å². The third-order valence-electron chi connectivity index (χ3n) is 2.95. The van der Waals surface area contributed by atoms with Gasteiger partial charge in [-0.2, -0.15) is 0 Å². The van der Waals surface area contributed by atoms with Crippen LogP contribution >= 0.6 is 27.5 Å². The lowest BCUT2D eigenvalue weighted by molar-refractivity contribution is -0.122. The molecule has 0 spiro atoms. The number of ether oxygens (including phenoxy) is 1. The van der Waals surface area contributed by atoms with Crippen LogP contribution < -0.4 is 10.1 Å². The van der Waals surface area contributed by atoms with Crippen molar-refractivity contribution in [2.75, 3.05) is 5.32 Å². The lowest BCUT2D eigenvalue weighted by Crippen LogP contribution is -2.30. The van der Waals surface area contributed by atoms with E-state index in [-0.39, 0.29) is 11.3 Å². The van der Waals surface area contributed by atoms with Crippen LogP contribution in [0.3, 0.4) is 0 Å².